The van der Waals surface area contributed by atoms with Crippen molar-refractivity contribution in [1.82, 2.24) is 19.2 Å². The molecular formula is C21H24N4S. The number of aromatic nitrogens is 3. The molecule has 0 amide bonds. The number of nitrogens with zero attached hydrogens (tertiary/aromatic N) is 4. The zero-order valence-electron chi connectivity index (χ0n) is 15.2. The zero-order chi connectivity index (χ0) is 18.1. The predicted molar refractivity (Wildman–Crippen MR) is 107 cm³/mol. The Morgan fingerprint density at radius 1 is 1.04 bits per heavy atom. The van der Waals surface area contributed by atoms with E-state index < -0.39 is 0 Å². The van der Waals surface area contributed by atoms with E-state index in [0.29, 0.717) is 12.7 Å². The van der Waals surface area contributed by atoms with Crippen molar-refractivity contribution in [3.05, 3.63) is 82.4 Å². The Bertz CT molecular complexity index is 886. The fraction of sp³-hybridized carbons (Fsp3) is 0.333. The van der Waals surface area contributed by atoms with Gasteiger partial charge in [0.15, 0.2) is 4.77 Å². The van der Waals surface area contributed by atoms with Crippen LogP contribution in [0.2, 0.25) is 0 Å². The van der Waals surface area contributed by atoms with E-state index in [2.05, 4.69) is 84.1 Å². The van der Waals surface area contributed by atoms with Crippen LogP contribution < -0.4 is 0 Å². The molecule has 1 aliphatic rings. The van der Waals surface area contributed by atoms with Crippen LogP contribution in [0.15, 0.2) is 60.7 Å². The Morgan fingerprint density at radius 3 is 2.08 bits per heavy atom. The third-order valence-corrected chi connectivity index (χ3v) is 5.39. The van der Waals surface area contributed by atoms with Gasteiger partial charge in [0.25, 0.3) is 0 Å². The maximum absolute atomic E-state index is 5.70. The normalized spacial score (nSPS) is 14.3. The first-order chi connectivity index (χ1) is 12.6. The Morgan fingerprint density at radius 2 is 1.58 bits per heavy atom. The average molecular weight is 365 g/mol. The van der Waals surface area contributed by atoms with Crippen molar-refractivity contribution in [2.45, 2.75) is 38.5 Å². The van der Waals surface area contributed by atoms with Crippen LogP contribution in [-0.4, -0.2) is 26.3 Å². The molecule has 0 saturated heterocycles. The number of rotatable bonds is 6. The summed E-state index contributed by atoms with van der Waals surface area (Å²) in [6.07, 6.45) is 2.43. The van der Waals surface area contributed by atoms with Gasteiger partial charge >= 0.3 is 0 Å². The molecule has 0 aliphatic heterocycles. The minimum atomic E-state index is 0.158. The number of benzene rings is 2. The van der Waals surface area contributed by atoms with Crippen LogP contribution in [0.1, 0.15) is 41.9 Å². The molecule has 0 radical (unpaired) electrons. The van der Waals surface area contributed by atoms with Crippen LogP contribution in [0.25, 0.3) is 0 Å². The first-order valence-electron chi connectivity index (χ1n) is 9.11. The molecule has 134 valence electrons. The van der Waals surface area contributed by atoms with Crippen molar-refractivity contribution in [3.63, 3.8) is 0 Å². The van der Waals surface area contributed by atoms with E-state index in [4.69, 9.17) is 17.3 Å². The third kappa shape index (κ3) is 3.37. The monoisotopic (exact) mass is 364 g/mol. The van der Waals surface area contributed by atoms with Crippen LogP contribution in [0.3, 0.4) is 0 Å². The second-order valence-corrected chi connectivity index (χ2v) is 7.42. The average Bonchev–Trinajstić information content (AvgIpc) is 3.44. The summed E-state index contributed by atoms with van der Waals surface area (Å²) in [5.41, 5.74) is 2.54. The zero-order valence-corrected chi connectivity index (χ0v) is 16.1. The van der Waals surface area contributed by atoms with Crippen molar-refractivity contribution in [2.24, 2.45) is 0 Å². The molecule has 1 saturated carbocycles. The van der Waals surface area contributed by atoms with Crippen LogP contribution >= 0.6 is 12.2 Å². The fourth-order valence-electron chi connectivity index (χ4n) is 3.64. The molecule has 5 heteroatoms. The molecule has 4 rings (SSSR count). The van der Waals surface area contributed by atoms with Crippen molar-refractivity contribution in [2.75, 3.05) is 7.05 Å². The van der Waals surface area contributed by atoms with Gasteiger partial charge < -0.3 is 4.57 Å². The highest BCUT2D eigenvalue weighted by Crippen LogP contribution is 2.36. The Balaban J connectivity index is 1.66. The summed E-state index contributed by atoms with van der Waals surface area (Å²) in [6, 6.07) is 21.9. The van der Waals surface area contributed by atoms with Crippen molar-refractivity contribution in [3.8, 4) is 0 Å². The molecule has 0 spiro atoms. The molecule has 1 fully saturated rings. The molecule has 1 heterocycles. The van der Waals surface area contributed by atoms with E-state index in [9.17, 15) is 0 Å². The van der Waals surface area contributed by atoms with Crippen LogP contribution in [0.5, 0.6) is 0 Å². The van der Waals surface area contributed by atoms with Gasteiger partial charge in [-0.05, 0) is 50.2 Å². The Hall–Kier alpha value is -2.24. The highest BCUT2D eigenvalue weighted by atomic mass is 32.1. The standard InChI is InChI=1S/C21H24N4S/c1-16-22-24(21(26)25(16)19-13-14-19)15-23(2)20(17-9-5-3-6-10-17)18-11-7-4-8-12-18/h3-12,19-20H,13-15H2,1-2H3. The minimum absolute atomic E-state index is 0.158. The van der Waals surface area contributed by atoms with Crippen molar-refractivity contribution >= 4 is 12.2 Å². The summed E-state index contributed by atoms with van der Waals surface area (Å²) < 4.78 is 5.00. The summed E-state index contributed by atoms with van der Waals surface area (Å²) >= 11 is 5.70. The van der Waals surface area contributed by atoms with E-state index >= 15 is 0 Å². The molecule has 1 aromatic heterocycles. The van der Waals surface area contributed by atoms with Gasteiger partial charge in [0.05, 0.1) is 12.7 Å². The van der Waals surface area contributed by atoms with Crippen molar-refractivity contribution < 1.29 is 0 Å². The molecule has 26 heavy (non-hydrogen) atoms. The molecule has 0 unspecified atom stereocenters. The van der Waals surface area contributed by atoms with Crippen LogP contribution in [0.4, 0.5) is 0 Å². The molecule has 0 N–H and O–H groups in total. The number of aryl methyl sites for hydroxylation is 1. The molecule has 2 aromatic carbocycles. The van der Waals surface area contributed by atoms with Crippen LogP contribution in [-0.2, 0) is 6.67 Å². The second kappa shape index (κ2) is 7.17. The van der Waals surface area contributed by atoms with Gasteiger partial charge in [0, 0.05) is 6.04 Å². The SMILES string of the molecule is Cc1nn(CN(C)C(c2ccccc2)c2ccccc2)c(=S)n1C1CC1. The maximum atomic E-state index is 5.70. The molecule has 3 aromatic rings. The highest BCUT2D eigenvalue weighted by Gasteiger charge is 2.28. The van der Waals surface area contributed by atoms with Gasteiger partial charge in [-0.2, -0.15) is 5.10 Å². The number of hydrogen-bond acceptors (Lipinski definition) is 3. The van der Waals surface area contributed by atoms with Gasteiger partial charge in [0.1, 0.15) is 5.82 Å². The summed E-state index contributed by atoms with van der Waals surface area (Å²) in [5, 5.41) is 4.71. The summed E-state index contributed by atoms with van der Waals surface area (Å²) in [5.74, 6) is 1.02. The first kappa shape index (κ1) is 17.2. The van der Waals surface area contributed by atoms with Gasteiger partial charge in [0.2, 0.25) is 0 Å². The lowest BCUT2D eigenvalue weighted by atomic mass is 9.98. The predicted octanol–water partition coefficient (Wildman–Crippen LogP) is 4.74. The Kier molecular flexibility index (Phi) is 4.74. The molecule has 0 bridgehead atoms. The lowest BCUT2D eigenvalue weighted by Gasteiger charge is -2.28. The maximum Gasteiger partial charge on any atom is 0.199 e. The fourth-order valence-corrected chi connectivity index (χ4v) is 4.02. The highest BCUT2D eigenvalue weighted by molar-refractivity contribution is 7.71. The van der Waals surface area contributed by atoms with Gasteiger partial charge in [-0.3, -0.25) is 4.90 Å². The van der Waals surface area contributed by atoms with Gasteiger partial charge in [-0.25, -0.2) is 4.68 Å². The smallest absolute Gasteiger partial charge is 0.199 e. The van der Waals surface area contributed by atoms with Gasteiger partial charge in [-0.1, -0.05) is 60.7 Å². The first-order valence-corrected chi connectivity index (χ1v) is 9.52. The second-order valence-electron chi connectivity index (χ2n) is 7.05. The largest absolute Gasteiger partial charge is 0.301 e. The number of hydrogen-bond donors (Lipinski definition) is 0. The topological polar surface area (TPSA) is 26.0 Å². The Labute approximate surface area is 159 Å². The molecule has 0 atom stereocenters. The third-order valence-electron chi connectivity index (χ3n) is 4.98. The molecule has 1 aliphatic carbocycles. The quantitative estimate of drug-likeness (QED) is 0.591. The summed E-state index contributed by atoms with van der Waals surface area (Å²) in [6.45, 7) is 2.71. The van der Waals surface area contributed by atoms with E-state index in [1.54, 1.807) is 0 Å². The van der Waals surface area contributed by atoms with Gasteiger partial charge in [-0.15, -0.1) is 0 Å². The lowest BCUT2D eigenvalue weighted by molar-refractivity contribution is 0.207. The van der Waals surface area contributed by atoms with E-state index in [0.717, 1.165) is 10.6 Å². The van der Waals surface area contributed by atoms with E-state index in [-0.39, 0.29) is 6.04 Å². The lowest BCUT2D eigenvalue weighted by Crippen LogP contribution is -2.28. The summed E-state index contributed by atoms with van der Waals surface area (Å²) in [7, 11) is 2.14. The summed E-state index contributed by atoms with van der Waals surface area (Å²) in [4.78, 5) is 2.31. The minimum Gasteiger partial charge on any atom is -0.301 e. The van der Waals surface area contributed by atoms with Crippen LogP contribution in [0, 0.1) is 11.7 Å². The van der Waals surface area contributed by atoms with E-state index in [1.807, 2.05) is 4.68 Å². The van der Waals surface area contributed by atoms with E-state index in [1.165, 1.54) is 24.0 Å². The van der Waals surface area contributed by atoms with Crippen molar-refractivity contribution in [1.29, 1.82) is 0 Å². The molecule has 4 nitrogen and oxygen atoms in total. The molecular weight excluding hydrogens is 340 g/mol.